The second kappa shape index (κ2) is 9.83. The molecule has 1 atom stereocenters. The molecule has 164 valence electrons. The SMILES string of the molecule is CCC1=C(C(=O)OC(C)C)C(c2ccc(OCc3c(F)cccc3Cl)cc2)NC(=O)N1. The van der Waals surface area contributed by atoms with Crippen molar-refractivity contribution in [3.05, 3.63) is 75.7 Å². The molecule has 2 aromatic carbocycles. The largest absolute Gasteiger partial charge is 0.489 e. The smallest absolute Gasteiger partial charge is 0.338 e. The van der Waals surface area contributed by atoms with Gasteiger partial charge in [-0.1, -0.05) is 36.7 Å². The van der Waals surface area contributed by atoms with Gasteiger partial charge in [-0.3, -0.25) is 0 Å². The van der Waals surface area contributed by atoms with Crippen molar-refractivity contribution < 1.29 is 23.5 Å². The van der Waals surface area contributed by atoms with Crippen molar-refractivity contribution >= 4 is 23.6 Å². The van der Waals surface area contributed by atoms with Crippen LogP contribution in [-0.4, -0.2) is 18.1 Å². The summed E-state index contributed by atoms with van der Waals surface area (Å²) in [4.78, 5) is 24.8. The summed E-state index contributed by atoms with van der Waals surface area (Å²) in [7, 11) is 0. The number of amides is 2. The third kappa shape index (κ3) is 5.35. The first-order valence-corrected chi connectivity index (χ1v) is 10.3. The molecule has 2 aromatic rings. The number of allylic oxidation sites excluding steroid dienone is 1. The minimum Gasteiger partial charge on any atom is -0.489 e. The number of nitrogens with one attached hydrogen (secondary N) is 2. The first-order valence-electron chi connectivity index (χ1n) is 9.97. The summed E-state index contributed by atoms with van der Waals surface area (Å²) in [6.45, 7) is 5.36. The molecule has 0 spiro atoms. The fourth-order valence-electron chi connectivity index (χ4n) is 3.25. The number of hydrogen-bond donors (Lipinski definition) is 2. The summed E-state index contributed by atoms with van der Waals surface area (Å²) in [6, 6.07) is 10.3. The van der Waals surface area contributed by atoms with Gasteiger partial charge >= 0.3 is 12.0 Å². The Morgan fingerprint density at radius 2 is 1.90 bits per heavy atom. The van der Waals surface area contributed by atoms with Gasteiger partial charge in [-0.25, -0.2) is 14.0 Å². The van der Waals surface area contributed by atoms with Crippen molar-refractivity contribution in [1.82, 2.24) is 10.6 Å². The molecule has 2 N–H and O–H groups in total. The lowest BCUT2D eigenvalue weighted by molar-refractivity contribution is -0.143. The lowest BCUT2D eigenvalue weighted by Crippen LogP contribution is -2.46. The van der Waals surface area contributed by atoms with E-state index in [1.54, 1.807) is 44.2 Å². The van der Waals surface area contributed by atoms with Crippen molar-refractivity contribution in [1.29, 1.82) is 0 Å². The molecule has 1 heterocycles. The van der Waals surface area contributed by atoms with E-state index < -0.39 is 23.9 Å². The van der Waals surface area contributed by atoms with Gasteiger partial charge in [0.25, 0.3) is 0 Å². The molecule has 0 saturated heterocycles. The highest BCUT2D eigenvalue weighted by atomic mass is 35.5. The molecule has 0 fully saturated rings. The van der Waals surface area contributed by atoms with Gasteiger partial charge in [-0.2, -0.15) is 0 Å². The number of carbonyl (C=O) groups excluding carboxylic acids is 2. The molecule has 0 saturated carbocycles. The number of benzene rings is 2. The second-order valence-electron chi connectivity index (χ2n) is 7.29. The quantitative estimate of drug-likeness (QED) is 0.585. The van der Waals surface area contributed by atoms with Gasteiger partial charge in [-0.05, 0) is 50.1 Å². The van der Waals surface area contributed by atoms with Crippen LogP contribution in [0.3, 0.4) is 0 Å². The van der Waals surface area contributed by atoms with E-state index >= 15 is 0 Å². The summed E-state index contributed by atoms with van der Waals surface area (Å²) in [5.41, 5.74) is 1.84. The molecule has 0 radical (unpaired) electrons. The topological polar surface area (TPSA) is 76.7 Å². The Kier molecular flexibility index (Phi) is 7.17. The maximum atomic E-state index is 13.9. The Hall–Kier alpha value is -3.06. The van der Waals surface area contributed by atoms with Crippen LogP contribution in [0.2, 0.25) is 5.02 Å². The van der Waals surface area contributed by atoms with Gasteiger partial charge in [0, 0.05) is 11.3 Å². The average molecular weight is 447 g/mol. The van der Waals surface area contributed by atoms with Crippen LogP contribution >= 0.6 is 11.6 Å². The maximum absolute atomic E-state index is 13.9. The highest BCUT2D eigenvalue weighted by Gasteiger charge is 2.33. The molecule has 0 bridgehead atoms. The molecule has 6 nitrogen and oxygen atoms in total. The molecule has 1 aliphatic rings. The van der Waals surface area contributed by atoms with Crippen molar-refractivity contribution in [2.24, 2.45) is 0 Å². The Labute approximate surface area is 185 Å². The Morgan fingerprint density at radius 1 is 1.19 bits per heavy atom. The zero-order valence-electron chi connectivity index (χ0n) is 17.5. The highest BCUT2D eigenvalue weighted by Crippen LogP contribution is 2.30. The highest BCUT2D eigenvalue weighted by molar-refractivity contribution is 6.31. The van der Waals surface area contributed by atoms with Crippen LogP contribution in [0, 0.1) is 5.82 Å². The predicted molar refractivity (Wildman–Crippen MR) is 115 cm³/mol. The molecule has 31 heavy (non-hydrogen) atoms. The van der Waals surface area contributed by atoms with Crippen LogP contribution in [0.25, 0.3) is 0 Å². The van der Waals surface area contributed by atoms with Gasteiger partial charge in [0.15, 0.2) is 0 Å². The molecular formula is C23H24ClFN2O4. The molecule has 1 unspecified atom stereocenters. The number of carbonyl (C=O) groups is 2. The molecule has 2 amide bonds. The fourth-order valence-corrected chi connectivity index (χ4v) is 3.47. The molecule has 8 heteroatoms. The Morgan fingerprint density at radius 3 is 2.52 bits per heavy atom. The van der Waals surface area contributed by atoms with Crippen LogP contribution in [0.4, 0.5) is 9.18 Å². The maximum Gasteiger partial charge on any atom is 0.338 e. The lowest BCUT2D eigenvalue weighted by atomic mass is 9.94. The number of urea groups is 1. The number of hydrogen-bond acceptors (Lipinski definition) is 4. The zero-order valence-corrected chi connectivity index (χ0v) is 18.3. The van der Waals surface area contributed by atoms with Crippen LogP contribution < -0.4 is 15.4 Å². The summed E-state index contributed by atoms with van der Waals surface area (Å²) in [6.07, 6.45) is 0.175. The van der Waals surface area contributed by atoms with E-state index in [1.807, 2.05) is 6.92 Å². The van der Waals surface area contributed by atoms with E-state index in [9.17, 15) is 14.0 Å². The summed E-state index contributed by atoms with van der Waals surface area (Å²) >= 11 is 6.03. The third-order valence-corrected chi connectivity index (χ3v) is 5.08. The number of rotatable bonds is 7. The van der Waals surface area contributed by atoms with Crippen molar-refractivity contribution in [2.45, 2.75) is 45.9 Å². The fraction of sp³-hybridized carbons (Fsp3) is 0.304. The Balaban J connectivity index is 1.82. The monoisotopic (exact) mass is 446 g/mol. The summed E-state index contributed by atoms with van der Waals surface area (Å²) in [5, 5.41) is 5.75. The van der Waals surface area contributed by atoms with E-state index in [0.717, 1.165) is 0 Å². The van der Waals surface area contributed by atoms with Gasteiger partial charge in [-0.15, -0.1) is 0 Å². The van der Waals surface area contributed by atoms with Crippen LogP contribution in [-0.2, 0) is 16.1 Å². The number of esters is 1. The minimum atomic E-state index is -0.662. The lowest BCUT2D eigenvalue weighted by Gasteiger charge is -2.29. The first kappa shape index (κ1) is 22.6. The first-order chi connectivity index (χ1) is 14.8. The van der Waals surface area contributed by atoms with Crippen molar-refractivity contribution in [2.75, 3.05) is 0 Å². The van der Waals surface area contributed by atoms with E-state index in [4.69, 9.17) is 21.1 Å². The molecule has 0 aliphatic carbocycles. The van der Waals surface area contributed by atoms with Crippen LogP contribution in [0.15, 0.2) is 53.7 Å². The van der Waals surface area contributed by atoms with Gasteiger partial charge in [0.05, 0.1) is 22.7 Å². The molecule has 3 rings (SSSR count). The minimum absolute atomic E-state index is 0.0270. The van der Waals surface area contributed by atoms with Gasteiger partial charge in [0.1, 0.15) is 18.2 Å². The number of halogens is 2. The van der Waals surface area contributed by atoms with E-state index in [2.05, 4.69) is 10.6 Å². The van der Waals surface area contributed by atoms with Crippen LogP contribution in [0.1, 0.15) is 44.4 Å². The van der Waals surface area contributed by atoms with Crippen molar-refractivity contribution in [3.8, 4) is 5.75 Å². The second-order valence-corrected chi connectivity index (χ2v) is 7.70. The zero-order chi connectivity index (χ0) is 22.5. The number of ether oxygens (including phenoxy) is 2. The van der Waals surface area contributed by atoms with E-state index in [-0.39, 0.29) is 18.3 Å². The van der Waals surface area contributed by atoms with E-state index in [1.165, 1.54) is 12.1 Å². The predicted octanol–water partition coefficient (Wildman–Crippen LogP) is 5.03. The van der Waals surface area contributed by atoms with E-state index in [0.29, 0.717) is 34.0 Å². The molecule has 1 aliphatic heterocycles. The van der Waals surface area contributed by atoms with Crippen molar-refractivity contribution in [3.63, 3.8) is 0 Å². The molecular weight excluding hydrogens is 423 g/mol. The normalized spacial score (nSPS) is 16.1. The molecule has 0 aromatic heterocycles. The third-order valence-electron chi connectivity index (χ3n) is 4.73. The average Bonchev–Trinajstić information content (AvgIpc) is 2.72. The van der Waals surface area contributed by atoms with Gasteiger partial charge in [0.2, 0.25) is 0 Å². The standard InChI is InChI=1S/C23H24ClFN2O4/c1-4-19-20(22(28)31-13(2)3)21(27-23(29)26-19)14-8-10-15(11-9-14)30-12-16-17(24)6-5-7-18(16)25/h5-11,13,21H,4,12H2,1-3H3,(H2,26,27,29). The van der Waals surface area contributed by atoms with Gasteiger partial charge < -0.3 is 20.1 Å². The van der Waals surface area contributed by atoms with Crippen LogP contribution in [0.5, 0.6) is 5.75 Å². The summed E-state index contributed by atoms with van der Waals surface area (Å²) in [5.74, 6) is -0.430. The summed E-state index contributed by atoms with van der Waals surface area (Å²) < 4.78 is 25.0. The Bertz CT molecular complexity index is 985.